The van der Waals surface area contributed by atoms with Crippen LogP contribution in [0.2, 0.25) is 25.7 Å². The molecule has 6 heteroatoms. The summed E-state index contributed by atoms with van der Waals surface area (Å²) in [5.74, 6) is 0.795. The molecule has 0 aliphatic carbocycles. The van der Waals surface area contributed by atoms with Gasteiger partial charge in [0.2, 0.25) is 0 Å². The SMILES string of the molecule is CC1(C)OB(c2ccc(OCOCC[Si](C)(C)C)cc2)OC1(C)C. The fourth-order valence-corrected chi connectivity index (χ4v) is 3.00. The van der Waals surface area contributed by atoms with Crippen LogP contribution in [0.4, 0.5) is 0 Å². The molecule has 0 saturated carbocycles. The van der Waals surface area contributed by atoms with Crippen molar-refractivity contribution in [3.63, 3.8) is 0 Å². The number of hydrogen-bond acceptors (Lipinski definition) is 4. The maximum atomic E-state index is 6.05. The van der Waals surface area contributed by atoms with Crippen molar-refractivity contribution in [3.05, 3.63) is 24.3 Å². The molecule has 1 aromatic carbocycles. The van der Waals surface area contributed by atoms with Crippen LogP contribution in [0, 0.1) is 0 Å². The van der Waals surface area contributed by atoms with E-state index in [4.69, 9.17) is 18.8 Å². The van der Waals surface area contributed by atoms with E-state index < -0.39 is 8.07 Å². The Bertz CT molecular complexity index is 521. The molecule has 134 valence electrons. The van der Waals surface area contributed by atoms with Crippen molar-refractivity contribution in [3.8, 4) is 5.75 Å². The zero-order valence-corrected chi connectivity index (χ0v) is 17.1. The highest BCUT2D eigenvalue weighted by Gasteiger charge is 2.51. The molecule has 1 aliphatic rings. The van der Waals surface area contributed by atoms with Crippen molar-refractivity contribution in [1.29, 1.82) is 0 Å². The second-order valence-corrected chi connectivity index (χ2v) is 14.3. The standard InChI is InChI=1S/C18H31BO4Si/c1-17(2)18(3,4)23-19(22-17)15-8-10-16(11-9-15)21-14-20-12-13-24(5,6)7/h8-11H,12-14H2,1-7H3. The van der Waals surface area contributed by atoms with Gasteiger partial charge in [-0.1, -0.05) is 31.8 Å². The van der Waals surface area contributed by atoms with E-state index in [2.05, 4.69) is 47.3 Å². The van der Waals surface area contributed by atoms with Gasteiger partial charge < -0.3 is 18.8 Å². The Morgan fingerprint density at radius 2 is 1.50 bits per heavy atom. The van der Waals surface area contributed by atoms with Gasteiger partial charge in [0.1, 0.15) is 5.75 Å². The summed E-state index contributed by atoms with van der Waals surface area (Å²) in [7, 11) is -1.38. The van der Waals surface area contributed by atoms with E-state index in [-0.39, 0.29) is 18.3 Å². The summed E-state index contributed by atoms with van der Waals surface area (Å²) in [5.41, 5.74) is 0.356. The predicted octanol–water partition coefficient (Wildman–Crippen LogP) is 3.68. The molecule has 1 aromatic rings. The van der Waals surface area contributed by atoms with Gasteiger partial charge in [-0.05, 0) is 51.3 Å². The molecule has 0 N–H and O–H groups in total. The van der Waals surface area contributed by atoms with Gasteiger partial charge in [0, 0.05) is 14.7 Å². The molecule has 1 aliphatic heterocycles. The number of hydrogen-bond donors (Lipinski definition) is 0. The molecule has 0 aromatic heterocycles. The molecule has 24 heavy (non-hydrogen) atoms. The van der Waals surface area contributed by atoms with E-state index >= 15 is 0 Å². The lowest BCUT2D eigenvalue weighted by atomic mass is 9.79. The first kappa shape index (κ1) is 19.5. The Hall–Kier alpha value is -0.818. The van der Waals surface area contributed by atoms with Crippen molar-refractivity contribution < 1.29 is 18.8 Å². The quantitative estimate of drug-likeness (QED) is 0.427. The fourth-order valence-electron chi connectivity index (χ4n) is 2.25. The molecule has 1 fully saturated rings. The van der Waals surface area contributed by atoms with E-state index in [1.807, 2.05) is 24.3 Å². The monoisotopic (exact) mass is 350 g/mol. The van der Waals surface area contributed by atoms with E-state index in [0.29, 0.717) is 6.79 Å². The van der Waals surface area contributed by atoms with Gasteiger partial charge in [-0.3, -0.25) is 0 Å². The Labute approximate surface area is 148 Å². The summed E-state index contributed by atoms with van der Waals surface area (Å²) >= 11 is 0. The molecule has 2 rings (SSSR count). The Morgan fingerprint density at radius 1 is 0.958 bits per heavy atom. The first-order valence-corrected chi connectivity index (χ1v) is 12.4. The van der Waals surface area contributed by atoms with Crippen LogP contribution in [0.1, 0.15) is 27.7 Å². The van der Waals surface area contributed by atoms with Crippen molar-refractivity contribution in [1.82, 2.24) is 0 Å². The van der Waals surface area contributed by atoms with Crippen LogP contribution in [0.25, 0.3) is 0 Å². The van der Waals surface area contributed by atoms with Gasteiger partial charge in [-0.2, -0.15) is 0 Å². The topological polar surface area (TPSA) is 36.9 Å². The average Bonchev–Trinajstić information content (AvgIpc) is 2.66. The first-order valence-electron chi connectivity index (χ1n) is 8.66. The summed E-state index contributed by atoms with van der Waals surface area (Å²) in [6.45, 7) is 16.3. The van der Waals surface area contributed by atoms with Crippen molar-refractivity contribution in [2.24, 2.45) is 0 Å². The zero-order valence-electron chi connectivity index (χ0n) is 16.1. The largest absolute Gasteiger partial charge is 0.494 e. The van der Waals surface area contributed by atoms with Crippen molar-refractivity contribution in [2.75, 3.05) is 13.4 Å². The highest BCUT2D eigenvalue weighted by molar-refractivity contribution is 6.76. The molecule has 4 nitrogen and oxygen atoms in total. The predicted molar refractivity (Wildman–Crippen MR) is 102 cm³/mol. The zero-order chi connectivity index (χ0) is 18.0. The van der Waals surface area contributed by atoms with E-state index in [9.17, 15) is 0 Å². The molecule has 0 radical (unpaired) electrons. The van der Waals surface area contributed by atoms with Gasteiger partial charge in [0.15, 0.2) is 6.79 Å². The number of rotatable bonds is 7. The molecular formula is C18H31BO4Si. The van der Waals surface area contributed by atoms with Crippen LogP contribution in [-0.4, -0.2) is 39.8 Å². The molecule has 0 unspecified atom stereocenters. The van der Waals surface area contributed by atoms with E-state index in [1.54, 1.807) is 0 Å². The lowest BCUT2D eigenvalue weighted by Crippen LogP contribution is -2.41. The van der Waals surface area contributed by atoms with Crippen molar-refractivity contribution in [2.45, 2.75) is 64.6 Å². The minimum atomic E-state index is -1.04. The maximum Gasteiger partial charge on any atom is 0.494 e. The number of ether oxygens (including phenoxy) is 2. The third-order valence-corrected chi connectivity index (χ3v) is 6.41. The van der Waals surface area contributed by atoms with Gasteiger partial charge in [-0.15, -0.1) is 0 Å². The normalized spacial score (nSPS) is 19.5. The van der Waals surface area contributed by atoms with Crippen LogP contribution in [0.3, 0.4) is 0 Å². The Morgan fingerprint density at radius 3 is 2.00 bits per heavy atom. The first-order chi connectivity index (χ1) is 11.0. The smallest absolute Gasteiger partial charge is 0.468 e. The third-order valence-electron chi connectivity index (χ3n) is 4.71. The van der Waals surface area contributed by atoms with Gasteiger partial charge in [-0.25, -0.2) is 0 Å². The van der Waals surface area contributed by atoms with Crippen LogP contribution in [0.5, 0.6) is 5.75 Å². The van der Waals surface area contributed by atoms with Crippen LogP contribution in [0.15, 0.2) is 24.3 Å². The van der Waals surface area contributed by atoms with Gasteiger partial charge >= 0.3 is 7.12 Å². The maximum absolute atomic E-state index is 6.05. The highest BCUT2D eigenvalue weighted by atomic mass is 28.3. The van der Waals surface area contributed by atoms with Gasteiger partial charge in [0.05, 0.1) is 11.2 Å². The molecule has 1 saturated heterocycles. The molecule has 0 atom stereocenters. The van der Waals surface area contributed by atoms with Crippen LogP contribution < -0.4 is 10.2 Å². The molecule has 0 amide bonds. The van der Waals surface area contributed by atoms with E-state index in [0.717, 1.165) is 23.9 Å². The third kappa shape index (κ3) is 5.09. The minimum absolute atomic E-state index is 0.292. The van der Waals surface area contributed by atoms with Crippen LogP contribution in [-0.2, 0) is 14.0 Å². The molecule has 0 bridgehead atoms. The number of benzene rings is 1. The Balaban J connectivity index is 1.82. The summed E-state index contributed by atoms with van der Waals surface area (Å²) in [4.78, 5) is 0. The summed E-state index contributed by atoms with van der Waals surface area (Å²) in [6.07, 6.45) is 0. The summed E-state index contributed by atoms with van der Waals surface area (Å²) in [5, 5.41) is 0. The van der Waals surface area contributed by atoms with Crippen LogP contribution >= 0.6 is 0 Å². The molecule has 1 heterocycles. The molecular weight excluding hydrogens is 319 g/mol. The molecule has 0 spiro atoms. The van der Waals surface area contributed by atoms with E-state index in [1.165, 1.54) is 0 Å². The summed E-state index contributed by atoms with van der Waals surface area (Å²) < 4.78 is 23.3. The highest BCUT2D eigenvalue weighted by Crippen LogP contribution is 2.36. The average molecular weight is 350 g/mol. The Kier molecular flexibility index (Phi) is 5.85. The summed E-state index contributed by atoms with van der Waals surface area (Å²) in [6, 6.07) is 8.99. The fraction of sp³-hybridized carbons (Fsp3) is 0.667. The second kappa shape index (κ2) is 7.20. The van der Waals surface area contributed by atoms with Gasteiger partial charge in [0.25, 0.3) is 0 Å². The second-order valence-electron chi connectivity index (χ2n) is 8.64. The van der Waals surface area contributed by atoms with Crippen molar-refractivity contribution >= 4 is 20.7 Å². The minimum Gasteiger partial charge on any atom is -0.468 e. The lowest BCUT2D eigenvalue weighted by molar-refractivity contribution is 0.00578. The lowest BCUT2D eigenvalue weighted by Gasteiger charge is -2.32.